The maximum absolute atomic E-state index is 13.7. The average Bonchev–Trinajstić information content (AvgIpc) is 3.39. The SMILES string of the molecule is COCOc1ccc2cc(C3(c4ccc5cc(OCOC)ccc5c4OCOC)OC(=O)c4ccccc43)c(OCOC)cc2c1. The van der Waals surface area contributed by atoms with Crippen LogP contribution in [0.25, 0.3) is 21.5 Å². The Kier molecular flexibility index (Phi) is 9.23. The summed E-state index contributed by atoms with van der Waals surface area (Å²) in [5, 5.41) is 3.31. The maximum Gasteiger partial charge on any atom is 0.340 e. The molecule has 238 valence electrons. The number of rotatable bonds is 14. The number of cyclic esters (lactones) is 1. The summed E-state index contributed by atoms with van der Waals surface area (Å²) in [5.74, 6) is 1.71. The Morgan fingerprint density at radius 1 is 0.565 bits per heavy atom. The van der Waals surface area contributed by atoms with Gasteiger partial charge in [-0.05, 0) is 70.8 Å². The minimum absolute atomic E-state index is 0.0426. The largest absolute Gasteiger partial charge is 0.468 e. The zero-order valence-electron chi connectivity index (χ0n) is 26.0. The summed E-state index contributed by atoms with van der Waals surface area (Å²) >= 11 is 0. The molecule has 10 nitrogen and oxygen atoms in total. The number of hydrogen-bond donors (Lipinski definition) is 0. The molecule has 0 saturated carbocycles. The second-order valence-electron chi connectivity index (χ2n) is 10.5. The van der Waals surface area contributed by atoms with Gasteiger partial charge in [0.1, 0.15) is 23.0 Å². The molecule has 1 aliphatic heterocycles. The molecule has 1 unspecified atom stereocenters. The second kappa shape index (κ2) is 13.6. The van der Waals surface area contributed by atoms with Crippen molar-refractivity contribution in [2.75, 3.05) is 55.6 Å². The van der Waals surface area contributed by atoms with E-state index in [1.807, 2.05) is 78.9 Å². The van der Waals surface area contributed by atoms with Crippen molar-refractivity contribution in [2.45, 2.75) is 5.60 Å². The van der Waals surface area contributed by atoms with Crippen molar-refractivity contribution in [2.24, 2.45) is 0 Å². The number of hydrogen-bond acceptors (Lipinski definition) is 10. The molecule has 5 aromatic rings. The van der Waals surface area contributed by atoms with Crippen molar-refractivity contribution in [3.05, 3.63) is 107 Å². The standard InChI is InChI=1S/C36H34O10/c1-38-19-42-26-11-9-23-17-32(33(44-21-40-3)18-25(23)16-26)36(30-8-6-5-7-29(30)35(37)46-36)31-14-10-24-15-27(43-20-39-2)12-13-28(24)34(31)45-22-41-4/h5-18H,19-22H2,1-4H3. The van der Waals surface area contributed by atoms with Crippen LogP contribution in [0.4, 0.5) is 0 Å². The van der Waals surface area contributed by atoms with Gasteiger partial charge in [0.05, 0.1) is 5.56 Å². The van der Waals surface area contributed by atoms with Gasteiger partial charge < -0.3 is 42.6 Å². The van der Waals surface area contributed by atoms with Crippen molar-refractivity contribution in [3.8, 4) is 23.0 Å². The van der Waals surface area contributed by atoms with Gasteiger partial charge in [-0.2, -0.15) is 0 Å². The summed E-state index contributed by atoms with van der Waals surface area (Å²) in [6.45, 7) is 0.130. The number of methoxy groups -OCH3 is 4. The van der Waals surface area contributed by atoms with Gasteiger partial charge in [-0.1, -0.05) is 30.3 Å². The molecule has 5 aromatic carbocycles. The lowest BCUT2D eigenvalue weighted by Crippen LogP contribution is -2.31. The monoisotopic (exact) mass is 626 g/mol. The topological polar surface area (TPSA) is 100 Å². The first-order chi connectivity index (χ1) is 22.5. The van der Waals surface area contributed by atoms with Crippen molar-refractivity contribution in [1.82, 2.24) is 0 Å². The molecular weight excluding hydrogens is 592 g/mol. The van der Waals surface area contributed by atoms with Crippen molar-refractivity contribution in [1.29, 1.82) is 0 Å². The van der Waals surface area contributed by atoms with Gasteiger partial charge >= 0.3 is 5.97 Å². The lowest BCUT2D eigenvalue weighted by atomic mass is 9.77. The van der Waals surface area contributed by atoms with Gasteiger partial charge in [-0.15, -0.1) is 0 Å². The van der Waals surface area contributed by atoms with Gasteiger partial charge in [-0.25, -0.2) is 4.79 Å². The van der Waals surface area contributed by atoms with Crippen LogP contribution in [0, 0.1) is 0 Å². The van der Waals surface area contributed by atoms with E-state index in [1.54, 1.807) is 34.5 Å². The molecule has 0 bridgehead atoms. The quantitative estimate of drug-likeness (QED) is 0.102. The van der Waals surface area contributed by atoms with Crippen LogP contribution in [0.5, 0.6) is 23.0 Å². The van der Waals surface area contributed by atoms with E-state index in [2.05, 4.69) is 0 Å². The predicted molar refractivity (Wildman–Crippen MR) is 170 cm³/mol. The molecule has 0 amide bonds. The second-order valence-corrected chi connectivity index (χ2v) is 10.5. The summed E-state index contributed by atoms with van der Waals surface area (Å²) in [6, 6.07) is 26.3. The van der Waals surface area contributed by atoms with E-state index in [0.717, 1.165) is 21.5 Å². The highest BCUT2D eigenvalue weighted by Crippen LogP contribution is 2.54. The number of esters is 1. The molecule has 0 saturated heterocycles. The number of benzene rings is 5. The number of carbonyl (C=O) groups excluding carboxylic acids is 1. The van der Waals surface area contributed by atoms with E-state index >= 15 is 0 Å². The minimum atomic E-state index is -1.47. The fraction of sp³-hybridized carbons (Fsp3) is 0.250. The van der Waals surface area contributed by atoms with E-state index in [0.29, 0.717) is 45.3 Å². The Morgan fingerprint density at radius 2 is 1.20 bits per heavy atom. The highest BCUT2D eigenvalue weighted by molar-refractivity contribution is 5.99. The van der Waals surface area contributed by atoms with Crippen LogP contribution in [0.1, 0.15) is 27.0 Å². The van der Waals surface area contributed by atoms with Crippen molar-refractivity contribution < 1.29 is 47.4 Å². The number of carbonyl (C=O) groups is 1. The van der Waals surface area contributed by atoms with Gasteiger partial charge in [0.15, 0.2) is 32.8 Å². The smallest absolute Gasteiger partial charge is 0.340 e. The normalized spacial score (nSPS) is 15.5. The molecular formula is C36H34O10. The fourth-order valence-corrected chi connectivity index (χ4v) is 5.80. The molecule has 46 heavy (non-hydrogen) atoms. The Bertz CT molecular complexity index is 1850. The molecule has 1 heterocycles. The first-order valence-electron chi connectivity index (χ1n) is 14.5. The third-order valence-corrected chi connectivity index (χ3v) is 7.72. The van der Waals surface area contributed by atoms with Crippen molar-refractivity contribution >= 4 is 27.5 Å². The molecule has 6 rings (SSSR count). The molecule has 0 radical (unpaired) electrons. The van der Waals surface area contributed by atoms with Gasteiger partial charge in [0.2, 0.25) is 0 Å². The zero-order chi connectivity index (χ0) is 32.1. The van der Waals surface area contributed by atoms with Crippen LogP contribution >= 0.6 is 0 Å². The third kappa shape index (κ3) is 5.67. The molecule has 0 N–H and O–H groups in total. The van der Waals surface area contributed by atoms with Crippen molar-refractivity contribution in [3.63, 3.8) is 0 Å². The molecule has 0 spiro atoms. The Labute approximate surface area is 266 Å². The van der Waals surface area contributed by atoms with Crippen LogP contribution in [0.15, 0.2) is 84.9 Å². The molecule has 0 aliphatic carbocycles. The van der Waals surface area contributed by atoms with Gasteiger partial charge in [0.25, 0.3) is 0 Å². The first-order valence-corrected chi connectivity index (χ1v) is 14.5. The summed E-state index contributed by atoms with van der Waals surface area (Å²) in [6.07, 6.45) is 0. The van der Waals surface area contributed by atoms with Crippen LogP contribution in [-0.4, -0.2) is 61.6 Å². The average molecular weight is 627 g/mol. The van der Waals surface area contributed by atoms with Crippen LogP contribution in [0.3, 0.4) is 0 Å². The van der Waals surface area contributed by atoms with Crippen LogP contribution in [-0.2, 0) is 29.3 Å². The van der Waals surface area contributed by atoms with Gasteiger partial charge in [-0.3, -0.25) is 0 Å². The highest BCUT2D eigenvalue weighted by Gasteiger charge is 2.52. The lowest BCUT2D eigenvalue weighted by Gasteiger charge is -2.33. The molecule has 1 aliphatic rings. The van der Waals surface area contributed by atoms with E-state index in [4.69, 9.17) is 42.6 Å². The fourth-order valence-electron chi connectivity index (χ4n) is 5.80. The van der Waals surface area contributed by atoms with E-state index in [-0.39, 0.29) is 27.2 Å². The van der Waals surface area contributed by atoms with Crippen LogP contribution in [0.2, 0.25) is 0 Å². The van der Waals surface area contributed by atoms with E-state index in [1.165, 1.54) is 0 Å². The molecule has 1 atom stereocenters. The summed E-state index contributed by atoms with van der Waals surface area (Å²) < 4.78 is 51.3. The Morgan fingerprint density at radius 3 is 1.93 bits per heavy atom. The van der Waals surface area contributed by atoms with Crippen LogP contribution < -0.4 is 18.9 Å². The zero-order valence-corrected chi connectivity index (χ0v) is 26.0. The third-order valence-electron chi connectivity index (χ3n) is 7.72. The Balaban J connectivity index is 1.65. The number of ether oxygens (including phenoxy) is 9. The molecule has 0 aromatic heterocycles. The molecule has 10 heteroatoms. The lowest BCUT2D eigenvalue weighted by molar-refractivity contribution is 0.0175. The summed E-state index contributed by atoms with van der Waals surface area (Å²) in [4.78, 5) is 13.7. The summed E-state index contributed by atoms with van der Waals surface area (Å²) in [7, 11) is 6.22. The minimum Gasteiger partial charge on any atom is -0.468 e. The highest BCUT2D eigenvalue weighted by atomic mass is 16.7. The number of fused-ring (bicyclic) bond motifs is 3. The summed E-state index contributed by atoms with van der Waals surface area (Å²) in [5.41, 5.74) is 0.775. The maximum atomic E-state index is 13.7. The first kappa shape index (κ1) is 31.1. The van der Waals surface area contributed by atoms with Gasteiger partial charge in [0, 0.05) is 50.5 Å². The Hall–Kier alpha value is -4.87. The van der Waals surface area contributed by atoms with E-state index < -0.39 is 11.6 Å². The predicted octanol–water partition coefficient (Wildman–Crippen LogP) is 6.39. The van der Waals surface area contributed by atoms with E-state index in [9.17, 15) is 4.79 Å². The molecule has 0 fully saturated rings.